The molecule has 1 heterocycles. The Kier molecular flexibility index (Phi) is 37.4. The van der Waals surface area contributed by atoms with Gasteiger partial charge in [-0.15, -0.1) is 0 Å². The van der Waals surface area contributed by atoms with Crippen LogP contribution in [0.4, 0.5) is 0 Å². The van der Waals surface area contributed by atoms with Gasteiger partial charge in [-0.1, -0.05) is 91.1 Å². The molecule has 1 aromatic rings. The molecule has 31 heteroatoms. The maximum absolute atomic E-state index is 14.7. The molecule has 0 aliphatic carbocycles. The Balaban J connectivity index is 2.80. The molecule has 24 N–H and O–H groups in total. The molecule has 0 bridgehead atoms. The number of unbranched alkanes of at least 4 members (excludes halogenated alkanes) is 1. The second kappa shape index (κ2) is 42.7. The zero-order valence-electron chi connectivity index (χ0n) is 54.8. The molecule has 92 heavy (non-hydrogen) atoms. The van der Waals surface area contributed by atoms with Gasteiger partial charge in [0.1, 0.15) is 72.6 Å². The van der Waals surface area contributed by atoms with Crippen molar-refractivity contribution in [2.75, 3.05) is 39.3 Å². The van der Waals surface area contributed by atoms with Crippen LogP contribution < -0.4 is 92.9 Å². The van der Waals surface area contributed by atoms with Gasteiger partial charge >= 0.3 is 5.97 Å². The molecule has 14 atom stereocenters. The average Bonchev–Trinajstić information content (AvgIpc) is 1.14. The van der Waals surface area contributed by atoms with E-state index in [2.05, 4.69) is 72.3 Å². The van der Waals surface area contributed by atoms with Crippen LogP contribution in [0.15, 0.2) is 30.3 Å². The zero-order valence-corrected chi connectivity index (χ0v) is 54.8. The number of ether oxygens (including phenoxy) is 1. The predicted octanol–water partition coefficient (Wildman–Crippen LogP) is -4.71. The number of hydrogen-bond donors (Lipinski definition) is 18. The van der Waals surface area contributed by atoms with Crippen molar-refractivity contribution in [3.63, 3.8) is 0 Å². The van der Waals surface area contributed by atoms with E-state index in [0.717, 1.165) is 12.8 Å². The van der Waals surface area contributed by atoms with E-state index < -0.39 is 163 Å². The number of hydrogen-bond acceptors (Lipinski definition) is 20. The normalized spacial score (nSPS) is 22.4. The second-order valence-corrected chi connectivity index (χ2v) is 24.2. The monoisotopic (exact) mass is 1300 g/mol. The fourth-order valence-electron chi connectivity index (χ4n) is 9.78. The summed E-state index contributed by atoms with van der Waals surface area (Å²) in [6.07, 6.45) is -1.87. The summed E-state index contributed by atoms with van der Waals surface area (Å²) in [7, 11) is 0. The summed E-state index contributed by atoms with van der Waals surface area (Å²) in [5.41, 5.74) is 36.4. The van der Waals surface area contributed by atoms with E-state index >= 15 is 0 Å². The van der Waals surface area contributed by atoms with E-state index in [0.29, 0.717) is 24.3 Å². The molecule has 1 aliphatic heterocycles. The van der Waals surface area contributed by atoms with Gasteiger partial charge in [0.25, 0.3) is 0 Å². The molecular weight excluding hydrogens is 1190 g/mol. The van der Waals surface area contributed by atoms with Crippen LogP contribution in [0.2, 0.25) is 0 Å². The van der Waals surface area contributed by atoms with E-state index in [1.54, 1.807) is 58.0 Å². The maximum atomic E-state index is 14.7. The summed E-state index contributed by atoms with van der Waals surface area (Å²) in [4.78, 5) is 170. The predicted molar refractivity (Wildman–Crippen MR) is 343 cm³/mol. The highest BCUT2D eigenvalue weighted by atomic mass is 16.5. The van der Waals surface area contributed by atoms with Gasteiger partial charge in [0, 0.05) is 19.4 Å². The van der Waals surface area contributed by atoms with Crippen molar-refractivity contribution in [1.82, 2.24) is 58.5 Å². The van der Waals surface area contributed by atoms with Gasteiger partial charge in [-0.2, -0.15) is 0 Å². The number of aliphatic hydroxyl groups excluding tert-OH is 1. The number of rotatable bonds is 32. The molecule has 520 valence electrons. The van der Waals surface area contributed by atoms with Crippen molar-refractivity contribution in [2.24, 2.45) is 52.2 Å². The van der Waals surface area contributed by atoms with Crippen molar-refractivity contribution in [3.05, 3.63) is 35.9 Å². The summed E-state index contributed by atoms with van der Waals surface area (Å²) in [6, 6.07) is -7.79. The average molecular weight is 1300 g/mol. The van der Waals surface area contributed by atoms with Crippen LogP contribution in [0.1, 0.15) is 138 Å². The van der Waals surface area contributed by atoms with Crippen molar-refractivity contribution in [1.29, 1.82) is 0 Å². The molecular formula is C61H107N17O14. The number of amides is 11. The molecule has 0 radical (unpaired) electrons. The van der Waals surface area contributed by atoms with Crippen molar-refractivity contribution < 1.29 is 67.4 Å². The van der Waals surface area contributed by atoms with Gasteiger partial charge in [0.2, 0.25) is 65.0 Å². The van der Waals surface area contributed by atoms with Crippen LogP contribution in [0.5, 0.6) is 0 Å². The third-order valence-corrected chi connectivity index (χ3v) is 15.5. The van der Waals surface area contributed by atoms with Crippen LogP contribution >= 0.6 is 0 Å². The molecule has 1 aliphatic rings. The fraction of sp³-hybridized carbons (Fsp3) is 0.705. The van der Waals surface area contributed by atoms with Crippen LogP contribution in [0, 0.1) is 17.8 Å². The van der Waals surface area contributed by atoms with E-state index in [-0.39, 0.29) is 95.9 Å². The number of aliphatic hydroxyl groups is 1. The molecule has 1 fully saturated rings. The lowest BCUT2D eigenvalue weighted by molar-refractivity contribution is -0.155. The van der Waals surface area contributed by atoms with Gasteiger partial charge in [-0.3, -0.25) is 57.5 Å². The minimum absolute atomic E-state index is 0.0329. The maximum Gasteiger partial charge on any atom is 0.323 e. The van der Waals surface area contributed by atoms with Crippen molar-refractivity contribution in [3.8, 4) is 0 Å². The number of esters is 1. The Labute approximate surface area is 539 Å². The first-order chi connectivity index (χ1) is 43.5. The third kappa shape index (κ3) is 28.6. The van der Waals surface area contributed by atoms with Crippen LogP contribution in [-0.4, -0.2) is 194 Å². The van der Waals surface area contributed by atoms with Gasteiger partial charge in [-0.25, -0.2) is 0 Å². The Morgan fingerprint density at radius 3 is 1.59 bits per heavy atom. The summed E-state index contributed by atoms with van der Waals surface area (Å²) < 4.78 is 5.67. The Bertz CT molecular complexity index is 2550. The number of benzene rings is 1. The highest BCUT2D eigenvalue weighted by molar-refractivity contribution is 5.99. The topological polar surface area (TPSA) is 523 Å². The molecule has 2 rings (SSSR count). The van der Waals surface area contributed by atoms with Gasteiger partial charge < -0.3 is 103 Å². The zero-order chi connectivity index (χ0) is 69.2. The minimum Gasteiger partial charge on any atom is -0.459 e. The highest BCUT2D eigenvalue weighted by Gasteiger charge is 2.39. The second-order valence-electron chi connectivity index (χ2n) is 24.2. The molecule has 11 amide bonds. The smallest absolute Gasteiger partial charge is 0.323 e. The lowest BCUT2D eigenvalue weighted by Gasteiger charge is -2.30. The standard InChI is InChI=1S/C61H107N17O14/c1-9-35(6)48(67)61(91)92-37(8)50(78-55(85)39(19-25-62)69-47(80)18-14-13-15-33(2)3)60(90)74-42(22-28-65)52(82)73-44-24-30-68-59(89)49(36(7)79)77-56(86)43(23-29-66)71-51(81)40(20-26-63)72-57(87)45(31-34(4)5)75-58(88)46(32-38-16-11-10-12-17-38)76-53(83)41(21-27-64)70-54(44)84/h10-12,16-17,33-37,39-46,48-50,79H,9,13-15,18-32,62-67H2,1-8H3,(H,68,89)(H,69,80)(H,70,84)(H,71,81)(H,72,87)(H,73,82)(H,74,90)(H,75,88)(H,76,83)(H,77,86)(H,78,85)/t35-,36+,37+,39-,40-,41-,42-,43-,44-,45-,46+,48-,49-,50-/m0/s1. The van der Waals surface area contributed by atoms with Crippen molar-refractivity contribution in [2.45, 2.75) is 218 Å². The third-order valence-electron chi connectivity index (χ3n) is 15.5. The van der Waals surface area contributed by atoms with Gasteiger partial charge in [0.15, 0.2) is 0 Å². The summed E-state index contributed by atoms with van der Waals surface area (Å²) in [5.74, 6) is -11.1. The Morgan fingerprint density at radius 2 is 1.08 bits per heavy atom. The molecule has 1 aromatic carbocycles. The molecule has 0 unspecified atom stereocenters. The number of carbonyl (C=O) groups excluding carboxylic acids is 12. The lowest BCUT2D eigenvalue weighted by atomic mass is 10.00. The van der Waals surface area contributed by atoms with Crippen LogP contribution in [0.3, 0.4) is 0 Å². The quantitative estimate of drug-likeness (QED) is 0.0238. The first-order valence-electron chi connectivity index (χ1n) is 32.0. The van der Waals surface area contributed by atoms with Crippen molar-refractivity contribution >= 4 is 70.9 Å². The summed E-state index contributed by atoms with van der Waals surface area (Å²) in [5, 5.41) is 39.2. The summed E-state index contributed by atoms with van der Waals surface area (Å²) in [6.45, 7) is 12.4. The molecule has 1 saturated heterocycles. The molecule has 0 saturated carbocycles. The lowest BCUT2D eigenvalue weighted by Crippen LogP contribution is -2.62. The minimum atomic E-state index is -1.77. The van der Waals surface area contributed by atoms with E-state index in [9.17, 15) is 62.6 Å². The van der Waals surface area contributed by atoms with Crippen LogP contribution in [-0.2, 0) is 68.7 Å². The van der Waals surface area contributed by atoms with E-state index in [1.807, 2.05) is 0 Å². The highest BCUT2D eigenvalue weighted by Crippen LogP contribution is 2.14. The number of carbonyl (C=O) groups is 12. The SMILES string of the molecule is CC[C@H](C)[C@H](N)C(=O)O[C@H](C)[C@H](NC(=O)[C@H](CCN)NC(=O)CCCCC(C)C)C(=O)N[C@@H](CCN)C(=O)N[C@H]1CCNC(=O)[C@H]([C@@H](C)O)NC(=O)[C@H](CCN)NC(=O)[C@H](CCN)NC(=O)[C@H](CC(C)C)NC(=O)[C@@H](Cc2ccccc2)NC(=O)[C@H](CCN)NC1=O. The molecule has 0 aromatic heterocycles. The fourth-order valence-corrected chi connectivity index (χ4v) is 9.78. The number of nitrogens with two attached hydrogens (primary N) is 6. The summed E-state index contributed by atoms with van der Waals surface area (Å²) >= 11 is 0. The van der Waals surface area contributed by atoms with Crippen LogP contribution in [0.25, 0.3) is 0 Å². The first-order valence-corrected chi connectivity index (χ1v) is 32.0. The van der Waals surface area contributed by atoms with Gasteiger partial charge in [-0.05, 0) is 121 Å². The Hall–Kier alpha value is -7.42. The number of nitrogens with one attached hydrogen (secondary N) is 11. The first kappa shape index (κ1) is 80.7. The largest absolute Gasteiger partial charge is 0.459 e. The molecule has 31 nitrogen and oxygen atoms in total. The van der Waals surface area contributed by atoms with E-state index in [1.165, 1.54) is 13.8 Å². The Morgan fingerprint density at radius 1 is 0.576 bits per heavy atom. The van der Waals surface area contributed by atoms with Gasteiger partial charge in [0.05, 0.1) is 6.10 Å². The van der Waals surface area contributed by atoms with E-state index in [4.69, 9.17) is 39.1 Å². The molecule has 0 spiro atoms.